The zero-order valence-corrected chi connectivity index (χ0v) is 4.74. The molecule has 43 valence electrons. The van der Waals surface area contributed by atoms with Gasteiger partial charge in [-0.15, -0.1) is 0 Å². The fraction of sp³-hybridized carbons (Fsp3) is 0.800. The molecule has 2 nitrogen and oxygen atoms in total. The molecule has 0 amide bonds. The highest BCUT2D eigenvalue weighted by atomic mass is 16.5. The van der Waals surface area contributed by atoms with Crippen molar-refractivity contribution in [2.24, 2.45) is 0 Å². The van der Waals surface area contributed by atoms with E-state index in [1.165, 1.54) is 0 Å². The average Bonchev–Trinajstić information content (AvgIpc) is 1.69. The Hall–Kier alpha value is -0.0800. The second-order valence-electron chi connectivity index (χ2n) is 1.14. The molecule has 0 aromatic heterocycles. The van der Waals surface area contributed by atoms with Gasteiger partial charge in [0.1, 0.15) is 0 Å². The van der Waals surface area contributed by atoms with Crippen LogP contribution in [0.25, 0.3) is 0 Å². The summed E-state index contributed by atoms with van der Waals surface area (Å²) in [7, 11) is 0. The van der Waals surface area contributed by atoms with E-state index >= 15 is 0 Å². The van der Waals surface area contributed by atoms with Gasteiger partial charge < -0.3 is 4.74 Å². The van der Waals surface area contributed by atoms with Gasteiger partial charge in [0.15, 0.2) is 0 Å². The average molecular weight is 102 g/mol. The van der Waals surface area contributed by atoms with Gasteiger partial charge in [-0.05, 0) is 20.4 Å². The van der Waals surface area contributed by atoms with Crippen molar-refractivity contribution in [1.82, 2.24) is 5.32 Å². The van der Waals surface area contributed by atoms with Crippen LogP contribution in [0.15, 0.2) is 0 Å². The molecule has 0 unspecified atom stereocenters. The quantitative estimate of drug-likeness (QED) is 0.410. The van der Waals surface area contributed by atoms with E-state index in [1.807, 2.05) is 6.92 Å². The Kier molecular flexibility index (Phi) is 5.85. The highest BCUT2D eigenvalue weighted by Gasteiger charge is 1.75. The molecule has 0 spiro atoms. The van der Waals surface area contributed by atoms with Crippen molar-refractivity contribution in [1.29, 1.82) is 0 Å². The number of hydrogen-bond acceptors (Lipinski definition) is 2. The van der Waals surface area contributed by atoms with Crippen LogP contribution in [0.3, 0.4) is 0 Å². The second-order valence-corrected chi connectivity index (χ2v) is 1.14. The molecule has 1 radical (unpaired) electrons. The van der Waals surface area contributed by atoms with Gasteiger partial charge >= 0.3 is 0 Å². The normalized spacial score (nSPS) is 9.43. The molecule has 0 bridgehead atoms. The van der Waals surface area contributed by atoms with E-state index in [4.69, 9.17) is 4.74 Å². The molecular weight excluding hydrogens is 90.1 g/mol. The van der Waals surface area contributed by atoms with Gasteiger partial charge in [0.05, 0.1) is 6.73 Å². The standard InChI is InChI=1S/C5H12NO/c1-3-6-5-7-4-2/h6H,1,3-5H2,2H3. The molecular formula is C5H12NO. The van der Waals surface area contributed by atoms with Crippen LogP contribution < -0.4 is 5.32 Å². The van der Waals surface area contributed by atoms with Gasteiger partial charge in [-0.1, -0.05) is 0 Å². The van der Waals surface area contributed by atoms with Crippen LogP contribution in [-0.4, -0.2) is 19.9 Å². The molecule has 0 heterocycles. The predicted molar refractivity (Wildman–Crippen MR) is 29.9 cm³/mol. The summed E-state index contributed by atoms with van der Waals surface area (Å²) >= 11 is 0. The Balaban J connectivity index is 2.45. The Morgan fingerprint density at radius 1 is 1.71 bits per heavy atom. The van der Waals surface area contributed by atoms with Gasteiger partial charge in [0.2, 0.25) is 0 Å². The first-order chi connectivity index (χ1) is 3.41. The fourth-order valence-corrected chi connectivity index (χ4v) is 0.246. The first kappa shape index (κ1) is 6.92. The van der Waals surface area contributed by atoms with Crippen molar-refractivity contribution < 1.29 is 4.74 Å². The summed E-state index contributed by atoms with van der Waals surface area (Å²) in [6.45, 7) is 7.66. The van der Waals surface area contributed by atoms with Crippen LogP contribution in [0.5, 0.6) is 0 Å². The Labute approximate surface area is 44.9 Å². The third-order valence-electron chi connectivity index (χ3n) is 0.585. The van der Waals surface area contributed by atoms with E-state index in [1.54, 1.807) is 0 Å². The van der Waals surface area contributed by atoms with Crippen LogP contribution in [-0.2, 0) is 4.74 Å². The highest BCUT2D eigenvalue weighted by Crippen LogP contribution is 1.64. The number of hydrogen-bond donors (Lipinski definition) is 1. The summed E-state index contributed by atoms with van der Waals surface area (Å²) in [6, 6.07) is 0. The van der Waals surface area contributed by atoms with Crippen molar-refractivity contribution in [2.75, 3.05) is 19.9 Å². The molecule has 0 aliphatic rings. The van der Waals surface area contributed by atoms with Crippen molar-refractivity contribution in [3.63, 3.8) is 0 Å². The SMILES string of the molecule is [CH2]CNCOCC. The first-order valence-corrected chi connectivity index (χ1v) is 2.49. The van der Waals surface area contributed by atoms with Gasteiger partial charge in [-0.3, -0.25) is 5.32 Å². The Morgan fingerprint density at radius 3 is 2.86 bits per heavy atom. The third kappa shape index (κ3) is 5.92. The minimum absolute atomic E-state index is 0.625. The molecule has 0 atom stereocenters. The van der Waals surface area contributed by atoms with E-state index in [9.17, 15) is 0 Å². The first-order valence-electron chi connectivity index (χ1n) is 2.49. The van der Waals surface area contributed by atoms with Crippen LogP contribution in [0, 0.1) is 6.92 Å². The van der Waals surface area contributed by atoms with E-state index in [0.29, 0.717) is 6.73 Å². The van der Waals surface area contributed by atoms with Crippen LogP contribution in [0.4, 0.5) is 0 Å². The molecule has 0 aliphatic carbocycles. The monoisotopic (exact) mass is 102 g/mol. The molecule has 0 aromatic carbocycles. The maximum atomic E-state index is 4.92. The topological polar surface area (TPSA) is 21.3 Å². The maximum absolute atomic E-state index is 4.92. The number of rotatable bonds is 4. The lowest BCUT2D eigenvalue weighted by molar-refractivity contribution is 0.131. The highest BCUT2D eigenvalue weighted by molar-refractivity contribution is 4.37. The Morgan fingerprint density at radius 2 is 2.43 bits per heavy atom. The molecule has 0 rings (SSSR count). The van der Waals surface area contributed by atoms with Crippen LogP contribution in [0.1, 0.15) is 6.92 Å². The summed E-state index contributed by atoms with van der Waals surface area (Å²) in [5, 5.41) is 2.92. The van der Waals surface area contributed by atoms with Crippen LogP contribution in [0.2, 0.25) is 0 Å². The molecule has 2 heteroatoms. The van der Waals surface area contributed by atoms with Crippen molar-refractivity contribution >= 4 is 0 Å². The Bertz CT molecular complexity index is 27.3. The van der Waals surface area contributed by atoms with Gasteiger partial charge in [-0.2, -0.15) is 0 Å². The molecule has 0 aromatic rings. The minimum Gasteiger partial charge on any atom is -0.367 e. The summed E-state index contributed by atoms with van der Waals surface area (Å²) in [5.41, 5.74) is 0. The summed E-state index contributed by atoms with van der Waals surface area (Å²) in [6.07, 6.45) is 0. The van der Waals surface area contributed by atoms with Crippen molar-refractivity contribution in [2.45, 2.75) is 6.92 Å². The molecule has 7 heavy (non-hydrogen) atoms. The smallest absolute Gasteiger partial charge is 0.0965 e. The van der Waals surface area contributed by atoms with E-state index in [0.717, 1.165) is 13.2 Å². The van der Waals surface area contributed by atoms with Crippen molar-refractivity contribution in [3.05, 3.63) is 6.92 Å². The van der Waals surface area contributed by atoms with Crippen molar-refractivity contribution in [3.8, 4) is 0 Å². The zero-order valence-electron chi connectivity index (χ0n) is 4.74. The number of nitrogens with one attached hydrogen (secondary N) is 1. The lowest BCUT2D eigenvalue weighted by Crippen LogP contribution is -2.16. The predicted octanol–water partition coefficient (Wildman–Crippen LogP) is 0.404. The molecule has 0 aliphatic heterocycles. The fourth-order valence-electron chi connectivity index (χ4n) is 0.246. The van der Waals surface area contributed by atoms with E-state index < -0.39 is 0 Å². The zero-order chi connectivity index (χ0) is 5.54. The minimum atomic E-state index is 0.625. The largest absolute Gasteiger partial charge is 0.367 e. The van der Waals surface area contributed by atoms with Gasteiger partial charge in [0, 0.05) is 6.61 Å². The molecule has 1 N–H and O–H groups in total. The lowest BCUT2D eigenvalue weighted by atomic mass is 10.8. The van der Waals surface area contributed by atoms with Crippen LogP contribution >= 0.6 is 0 Å². The summed E-state index contributed by atoms with van der Waals surface area (Å²) in [4.78, 5) is 0. The summed E-state index contributed by atoms with van der Waals surface area (Å²) < 4.78 is 4.92. The maximum Gasteiger partial charge on any atom is 0.0965 e. The van der Waals surface area contributed by atoms with E-state index in [-0.39, 0.29) is 0 Å². The molecule has 0 saturated carbocycles. The third-order valence-corrected chi connectivity index (χ3v) is 0.585. The second kappa shape index (κ2) is 5.92. The molecule has 0 saturated heterocycles. The lowest BCUT2D eigenvalue weighted by Gasteiger charge is -1.97. The number of ether oxygens (including phenoxy) is 1. The molecule has 0 fully saturated rings. The summed E-state index contributed by atoms with van der Waals surface area (Å²) in [5.74, 6) is 0. The van der Waals surface area contributed by atoms with Gasteiger partial charge in [0.25, 0.3) is 0 Å². The van der Waals surface area contributed by atoms with E-state index in [2.05, 4.69) is 12.2 Å². The van der Waals surface area contributed by atoms with Gasteiger partial charge in [-0.25, -0.2) is 0 Å².